The third-order valence-corrected chi connectivity index (χ3v) is 3.82. The van der Waals surface area contributed by atoms with Crippen LogP contribution in [0.15, 0.2) is 73.3 Å². The molecule has 0 N–H and O–H groups in total. The van der Waals surface area contributed by atoms with Gasteiger partial charge in [0.2, 0.25) is 5.91 Å². The number of hydrogen-bond acceptors (Lipinski definition) is 1. The van der Waals surface area contributed by atoms with E-state index in [9.17, 15) is 4.79 Å². The summed E-state index contributed by atoms with van der Waals surface area (Å²) in [5.41, 5.74) is 3.97. The molecule has 0 saturated heterocycles. The van der Waals surface area contributed by atoms with Gasteiger partial charge in [-0.2, -0.15) is 0 Å². The molecule has 0 bridgehead atoms. The van der Waals surface area contributed by atoms with Crippen molar-refractivity contribution in [2.75, 3.05) is 10.8 Å². The van der Waals surface area contributed by atoms with Crippen molar-refractivity contribution in [3.8, 4) is 0 Å². The van der Waals surface area contributed by atoms with E-state index in [1.54, 1.807) is 11.0 Å². The number of amides is 1. The Kier molecular flexibility index (Phi) is 6.19. The van der Waals surface area contributed by atoms with Crippen LogP contribution in [-0.2, 0) is 11.3 Å². The molecule has 2 aromatic carbocycles. The van der Waals surface area contributed by atoms with Crippen LogP contribution in [-0.4, -0.2) is 11.8 Å². The van der Waals surface area contributed by atoms with Crippen LogP contribution in [0.3, 0.4) is 0 Å². The predicted molar refractivity (Wildman–Crippen MR) is 98.6 cm³/mol. The smallest absolute Gasteiger partial charge is 0.242 e. The molecule has 0 fully saturated rings. The van der Waals surface area contributed by atoms with Crippen molar-refractivity contribution >= 4 is 28.8 Å². The number of carbonyl (C=O) groups is 1. The zero-order valence-corrected chi connectivity index (χ0v) is 14.0. The summed E-state index contributed by atoms with van der Waals surface area (Å²) in [6.07, 6.45) is 3.68. The van der Waals surface area contributed by atoms with Gasteiger partial charge in [0.25, 0.3) is 0 Å². The highest BCUT2D eigenvalue weighted by atomic mass is 35.5. The van der Waals surface area contributed by atoms with E-state index < -0.39 is 0 Å². The molecule has 2 aromatic rings. The van der Waals surface area contributed by atoms with Crippen LogP contribution in [0.2, 0.25) is 0 Å². The zero-order chi connectivity index (χ0) is 16.7. The first-order chi connectivity index (χ1) is 11.2. The lowest BCUT2D eigenvalue weighted by molar-refractivity contribution is -0.116. The first kappa shape index (κ1) is 17.0. The van der Waals surface area contributed by atoms with Crippen LogP contribution in [0.1, 0.15) is 18.1 Å². The van der Waals surface area contributed by atoms with Crippen molar-refractivity contribution < 1.29 is 4.79 Å². The highest BCUT2D eigenvalue weighted by molar-refractivity contribution is 6.29. The van der Waals surface area contributed by atoms with E-state index in [0.29, 0.717) is 6.54 Å². The van der Waals surface area contributed by atoms with Crippen LogP contribution in [0, 0.1) is 0 Å². The number of para-hydroxylation sites is 1. The molecule has 2 nitrogen and oxygen atoms in total. The van der Waals surface area contributed by atoms with Crippen molar-refractivity contribution in [1.29, 1.82) is 0 Å². The number of alkyl halides is 1. The number of allylic oxidation sites excluding steroid dienone is 3. The van der Waals surface area contributed by atoms with Crippen LogP contribution in [0.4, 0.5) is 5.69 Å². The Morgan fingerprint density at radius 2 is 1.78 bits per heavy atom. The second-order valence-corrected chi connectivity index (χ2v) is 5.47. The van der Waals surface area contributed by atoms with Crippen LogP contribution >= 0.6 is 11.6 Å². The molecule has 23 heavy (non-hydrogen) atoms. The van der Waals surface area contributed by atoms with Gasteiger partial charge in [-0.1, -0.05) is 67.3 Å². The normalized spacial score (nSPS) is 11.1. The Morgan fingerprint density at radius 1 is 1.13 bits per heavy atom. The average Bonchev–Trinajstić information content (AvgIpc) is 2.60. The van der Waals surface area contributed by atoms with Crippen molar-refractivity contribution in [3.63, 3.8) is 0 Å². The summed E-state index contributed by atoms with van der Waals surface area (Å²) < 4.78 is 0. The summed E-state index contributed by atoms with van der Waals surface area (Å²) >= 11 is 5.83. The number of nitrogens with zero attached hydrogens (tertiary/aromatic N) is 1. The van der Waals surface area contributed by atoms with Crippen LogP contribution in [0.25, 0.3) is 5.57 Å². The minimum Gasteiger partial charge on any atom is -0.306 e. The Bertz CT molecular complexity index is 707. The van der Waals surface area contributed by atoms with E-state index in [2.05, 4.69) is 6.58 Å². The first-order valence-corrected chi connectivity index (χ1v) is 7.99. The molecule has 0 saturated carbocycles. The molecular weight excluding hydrogens is 306 g/mol. The van der Waals surface area contributed by atoms with E-state index in [0.717, 1.165) is 22.4 Å². The molecule has 0 aliphatic rings. The van der Waals surface area contributed by atoms with Gasteiger partial charge < -0.3 is 4.90 Å². The number of halogens is 1. The van der Waals surface area contributed by atoms with Gasteiger partial charge in [0.05, 0.1) is 12.2 Å². The lowest BCUT2D eigenvalue weighted by Gasteiger charge is -2.25. The maximum Gasteiger partial charge on any atom is 0.242 e. The molecule has 0 spiro atoms. The molecule has 0 heterocycles. The number of hydrogen-bond donors (Lipinski definition) is 0. The zero-order valence-electron chi connectivity index (χ0n) is 13.2. The summed E-state index contributed by atoms with van der Waals surface area (Å²) in [6.45, 7) is 6.24. The standard InChI is InChI=1S/C20H20ClNO/c1-3-9-16(2)18-12-7-8-13-19(18)22(20(23)14-21)15-17-10-5-4-6-11-17/h3-13H,1,14-15H2,2H3/b16-9-. The molecule has 0 radical (unpaired) electrons. The number of anilines is 1. The molecular formula is C20H20ClNO. The first-order valence-electron chi connectivity index (χ1n) is 7.46. The molecule has 2 rings (SSSR count). The topological polar surface area (TPSA) is 20.3 Å². The summed E-state index contributed by atoms with van der Waals surface area (Å²) in [5.74, 6) is -0.167. The summed E-state index contributed by atoms with van der Waals surface area (Å²) in [7, 11) is 0. The number of carbonyl (C=O) groups excluding carboxylic acids is 1. The van der Waals surface area contributed by atoms with Crippen molar-refractivity contribution in [1.82, 2.24) is 0 Å². The van der Waals surface area contributed by atoms with Crippen molar-refractivity contribution in [3.05, 3.63) is 84.5 Å². The van der Waals surface area contributed by atoms with E-state index in [1.165, 1.54) is 0 Å². The number of benzene rings is 2. The highest BCUT2D eigenvalue weighted by Gasteiger charge is 2.18. The van der Waals surface area contributed by atoms with Gasteiger partial charge in [0, 0.05) is 5.56 Å². The maximum atomic E-state index is 12.4. The molecule has 3 heteroatoms. The Morgan fingerprint density at radius 3 is 2.43 bits per heavy atom. The Balaban J connectivity index is 2.46. The van der Waals surface area contributed by atoms with E-state index in [-0.39, 0.29) is 11.8 Å². The Labute approximate surface area is 142 Å². The minimum absolute atomic E-state index is 0.0502. The van der Waals surface area contributed by atoms with Crippen LogP contribution < -0.4 is 4.90 Å². The molecule has 1 amide bonds. The fourth-order valence-corrected chi connectivity index (χ4v) is 2.60. The molecule has 0 atom stereocenters. The fraction of sp³-hybridized carbons (Fsp3) is 0.150. The highest BCUT2D eigenvalue weighted by Crippen LogP contribution is 2.28. The van der Waals surface area contributed by atoms with Crippen LogP contribution in [0.5, 0.6) is 0 Å². The van der Waals surface area contributed by atoms with Gasteiger partial charge in [-0.05, 0) is 24.1 Å². The SMILES string of the molecule is C=C/C=C(/C)c1ccccc1N(Cc1ccccc1)C(=O)CCl. The molecule has 118 valence electrons. The largest absolute Gasteiger partial charge is 0.306 e. The molecule has 0 aromatic heterocycles. The minimum atomic E-state index is -0.116. The quantitative estimate of drug-likeness (QED) is 0.537. The third kappa shape index (κ3) is 4.33. The molecule has 0 aliphatic carbocycles. The maximum absolute atomic E-state index is 12.4. The van der Waals surface area contributed by atoms with Gasteiger partial charge in [-0.15, -0.1) is 11.6 Å². The summed E-state index contributed by atoms with van der Waals surface area (Å²) in [5, 5.41) is 0. The monoisotopic (exact) mass is 325 g/mol. The fourth-order valence-electron chi connectivity index (χ4n) is 2.45. The van der Waals surface area contributed by atoms with Gasteiger partial charge in [0.1, 0.15) is 5.88 Å². The van der Waals surface area contributed by atoms with Gasteiger partial charge >= 0.3 is 0 Å². The Hall–Kier alpha value is -2.32. The van der Waals surface area contributed by atoms with E-state index in [1.807, 2.05) is 67.6 Å². The summed E-state index contributed by atoms with van der Waals surface area (Å²) in [4.78, 5) is 14.1. The third-order valence-electron chi connectivity index (χ3n) is 3.59. The second-order valence-electron chi connectivity index (χ2n) is 5.20. The number of rotatable bonds is 6. The second kappa shape index (κ2) is 8.35. The van der Waals surface area contributed by atoms with Gasteiger partial charge in [-0.3, -0.25) is 4.79 Å². The average molecular weight is 326 g/mol. The van der Waals surface area contributed by atoms with Gasteiger partial charge in [0.15, 0.2) is 0 Å². The predicted octanol–water partition coefficient (Wildman–Crippen LogP) is 5.05. The summed E-state index contributed by atoms with van der Waals surface area (Å²) in [6, 6.07) is 17.7. The van der Waals surface area contributed by atoms with E-state index in [4.69, 9.17) is 11.6 Å². The molecule has 0 unspecified atom stereocenters. The lowest BCUT2D eigenvalue weighted by atomic mass is 10.0. The van der Waals surface area contributed by atoms with Crippen molar-refractivity contribution in [2.24, 2.45) is 0 Å². The van der Waals surface area contributed by atoms with Crippen molar-refractivity contribution in [2.45, 2.75) is 13.5 Å². The molecule has 0 aliphatic heterocycles. The van der Waals surface area contributed by atoms with Gasteiger partial charge in [-0.25, -0.2) is 0 Å². The lowest BCUT2D eigenvalue weighted by Crippen LogP contribution is -2.32. The van der Waals surface area contributed by atoms with E-state index >= 15 is 0 Å².